The standard InChI is InChI=1S/C23H26ClN5O/c24-18-7-5-16(6-8-18)14-20-25-19-9-10-21(27-22(19)26-20)29-13-3-4-17(15-29)23(30)28-11-1-2-12-28/h5-10,17H,1-4,11-15H2,(H,25,26,27)/t17-/m1/s1. The molecule has 0 spiro atoms. The largest absolute Gasteiger partial charge is 0.356 e. The number of carbonyl (C=O) groups excluding carboxylic acids is 1. The number of H-pyrrole nitrogens is 1. The van der Waals surface area contributed by atoms with Gasteiger partial charge in [0.15, 0.2) is 5.65 Å². The second kappa shape index (κ2) is 8.26. The first-order chi connectivity index (χ1) is 14.7. The van der Waals surface area contributed by atoms with Gasteiger partial charge in [-0.1, -0.05) is 23.7 Å². The Hall–Kier alpha value is -2.60. The molecule has 0 aliphatic carbocycles. The van der Waals surface area contributed by atoms with E-state index in [4.69, 9.17) is 21.6 Å². The minimum Gasteiger partial charge on any atom is -0.356 e. The van der Waals surface area contributed by atoms with Crippen LogP contribution in [0.3, 0.4) is 0 Å². The number of halogens is 1. The van der Waals surface area contributed by atoms with Crippen molar-refractivity contribution in [3.8, 4) is 0 Å². The maximum atomic E-state index is 12.8. The molecule has 3 aromatic rings. The highest BCUT2D eigenvalue weighted by Gasteiger charge is 2.31. The van der Waals surface area contributed by atoms with Gasteiger partial charge in [0.25, 0.3) is 0 Å². The first-order valence-electron chi connectivity index (χ1n) is 10.8. The molecule has 2 saturated heterocycles. The number of likely N-dealkylation sites (tertiary alicyclic amines) is 1. The molecule has 156 valence electrons. The summed E-state index contributed by atoms with van der Waals surface area (Å²) in [5.41, 5.74) is 2.81. The first-order valence-corrected chi connectivity index (χ1v) is 11.2. The SMILES string of the molecule is O=C([C@@H]1CCCN(c2ccc3[nH]c(Cc4ccc(Cl)cc4)nc3n2)C1)N1CCCC1. The summed E-state index contributed by atoms with van der Waals surface area (Å²) in [4.78, 5) is 30.0. The maximum absolute atomic E-state index is 12.8. The van der Waals surface area contributed by atoms with Gasteiger partial charge < -0.3 is 14.8 Å². The molecule has 0 unspecified atom stereocenters. The number of hydrogen-bond acceptors (Lipinski definition) is 4. The molecule has 1 atom stereocenters. The number of carbonyl (C=O) groups is 1. The molecule has 4 heterocycles. The van der Waals surface area contributed by atoms with E-state index < -0.39 is 0 Å². The van der Waals surface area contributed by atoms with Crippen LogP contribution in [0.2, 0.25) is 5.02 Å². The number of anilines is 1. The van der Waals surface area contributed by atoms with Crippen molar-refractivity contribution in [3.05, 3.63) is 52.8 Å². The van der Waals surface area contributed by atoms with Crippen molar-refractivity contribution in [1.82, 2.24) is 19.9 Å². The predicted molar refractivity (Wildman–Crippen MR) is 119 cm³/mol. The third kappa shape index (κ3) is 4.01. The van der Waals surface area contributed by atoms with Gasteiger partial charge in [0, 0.05) is 37.6 Å². The molecule has 0 radical (unpaired) electrons. The fraction of sp³-hybridized carbons (Fsp3) is 0.435. The Balaban J connectivity index is 1.31. The molecule has 5 rings (SSSR count). The van der Waals surface area contributed by atoms with Gasteiger partial charge in [-0.05, 0) is 55.5 Å². The molecule has 30 heavy (non-hydrogen) atoms. The second-order valence-corrected chi connectivity index (χ2v) is 8.78. The number of hydrogen-bond donors (Lipinski definition) is 1. The minimum absolute atomic E-state index is 0.0778. The van der Waals surface area contributed by atoms with E-state index in [1.807, 2.05) is 41.3 Å². The number of pyridine rings is 1. The van der Waals surface area contributed by atoms with Crippen LogP contribution in [-0.4, -0.2) is 51.9 Å². The molecule has 1 amide bonds. The number of aromatic amines is 1. The Morgan fingerprint density at radius 2 is 1.83 bits per heavy atom. The Kier molecular flexibility index (Phi) is 5.34. The quantitative estimate of drug-likeness (QED) is 0.687. The first kappa shape index (κ1) is 19.4. The predicted octanol–water partition coefficient (Wildman–Crippen LogP) is 4.04. The van der Waals surface area contributed by atoms with Crippen molar-refractivity contribution in [2.75, 3.05) is 31.1 Å². The third-order valence-electron chi connectivity index (χ3n) is 6.18. The number of aromatic nitrogens is 3. The van der Waals surface area contributed by atoms with Gasteiger partial charge in [0.05, 0.1) is 11.4 Å². The van der Waals surface area contributed by atoms with Crippen molar-refractivity contribution in [2.24, 2.45) is 5.92 Å². The van der Waals surface area contributed by atoms with Gasteiger partial charge in [-0.15, -0.1) is 0 Å². The van der Waals surface area contributed by atoms with Crippen molar-refractivity contribution in [3.63, 3.8) is 0 Å². The van der Waals surface area contributed by atoms with Gasteiger partial charge in [-0.2, -0.15) is 0 Å². The van der Waals surface area contributed by atoms with Crippen LogP contribution in [0, 0.1) is 5.92 Å². The van der Waals surface area contributed by atoms with Gasteiger partial charge in [-0.25, -0.2) is 9.97 Å². The lowest BCUT2D eigenvalue weighted by Gasteiger charge is -2.34. The topological polar surface area (TPSA) is 65.1 Å². The van der Waals surface area contributed by atoms with Crippen LogP contribution in [0.5, 0.6) is 0 Å². The van der Waals surface area contributed by atoms with Crippen LogP contribution in [0.1, 0.15) is 37.1 Å². The van der Waals surface area contributed by atoms with E-state index in [1.54, 1.807) is 0 Å². The molecule has 0 saturated carbocycles. The van der Waals surface area contributed by atoms with E-state index in [-0.39, 0.29) is 5.92 Å². The summed E-state index contributed by atoms with van der Waals surface area (Å²) in [6.45, 7) is 3.52. The summed E-state index contributed by atoms with van der Waals surface area (Å²) in [7, 11) is 0. The number of benzene rings is 1. The molecular weight excluding hydrogens is 398 g/mol. The summed E-state index contributed by atoms with van der Waals surface area (Å²) < 4.78 is 0. The fourth-order valence-corrected chi connectivity index (χ4v) is 4.70. The van der Waals surface area contributed by atoms with Gasteiger partial charge >= 0.3 is 0 Å². The van der Waals surface area contributed by atoms with Crippen LogP contribution in [0.4, 0.5) is 5.82 Å². The van der Waals surface area contributed by atoms with Crippen LogP contribution in [0.15, 0.2) is 36.4 Å². The van der Waals surface area contributed by atoms with Crippen molar-refractivity contribution >= 4 is 34.5 Å². The van der Waals surface area contributed by atoms with Crippen molar-refractivity contribution in [1.29, 1.82) is 0 Å². The van der Waals surface area contributed by atoms with E-state index in [0.717, 1.165) is 85.3 Å². The molecule has 7 heteroatoms. The molecule has 1 aromatic carbocycles. The van der Waals surface area contributed by atoms with Crippen LogP contribution in [-0.2, 0) is 11.2 Å². The van der Waals surface area contributed by atoms with Gasteiger partial charge in [0.2, 0.25) is 5.91 Å². The Labute approximate surface area is 181 Å². The van der Waals surface area contributed by atoms with Crippen LogP contribution in [0.25, 0.3) is 11.2 Å². The van der Waals surface area contributed by atoms with Crippen molar-refractivity contribution in [2.45, 2.75) is 32.1 Å². The number of imidazole rings is 1. The lowest BCUT2D eigenvalue weighted by Crippen LogP contribution is -2.44. The van der Waals surface area contributed by atoms with Crippen LogP contribution >= 0.6 is 11.6 Å². The van der Waals surface area contributed by atoms with Crippen molar-refractivity contribution < 1.29 is 4.79 Å². The third-order valence-corrected chi connectivity index (χ3v) is 6.43. The van der Waals surface area contributed by atoms with E-state index in [9.17, 15) is 4.79 Å². The van der Waals surface area contributed by atoms with Gasteiger partial charge in [0.1, 0.15) is 11.6 Å². The lowest BCUT2D eigenvalue weighted by atomic mass is 9.96. The molecule has 2 aliphatic rings. The molecule has 2 aromatic heterocycles. The molecule has 2 aliphatic heterocycles. The van der Waals surface area contributed by atoms with E-state index in [2.05, 4.69) is 9.88 Å². The monoisotopic (exact) mass is 423 g/mol. The van der Waals surface area contributed by atoms with E-state index >= 15 is 0 Å². The number of nitrogens with one attached hydrogen (secondary N) is 1. The van der Waals surface area contributed by atoms with E-state index in [1.165, 1.54) is 0 Å². The summed E-state index contributed by atoms with van der Waals surface area (Å²) >= 11 is 5.97. The molecule has 0 bridgehead atoms. The zero-order valence-corrected chi connectivity index (χ0v) is 17.7. The highest BCUT2D eigenvalue weighted by atomic mass is 35.5. The Morgan fingerprint density at radius 3 is 2.63 bits per heavy atom. The number of rotatable bonds is 4. The smallest absolute Gasteiger partial charge is 0.227 e. The maximum Gasteiger partial charge on any atom is 0.227 e. The zero-order chi connectivity index (χ0) is 20.5. The van der Waals surface area contributed by atoms with E-state index in [0.29, 0.717) is 12.3 Å². The summed E-state index contributed by atoms with van der Waals surface area (Å²) in [6, 6.07) is 11.9. The van der Waals surface area contributed by atoms with Gasteiger partial charge in [-0.3, -0.25) is 4.79 Å². The second-order valence-electron chi connectivity index (χ2n) is 8.34. The molecule has 1 N–H and O–H groups in total. The summed E-state index contributed by atoms with van der Waals surface area (Å²) in [6.07, 6.45) is 4.98. The zero-order valence-electron chi connectivity index (χ0n) is 17.0. The van der Waals surface area contributed by atoms with Crippen LogP contribution < -0.4 is 4.90 Å². The molecule has 2 fully saturated rings. The number of fused-ring (bicyclic) bond motifs is 1. The average molecular weight is 424 g/mol. The summed E-state index contributed by atoms with van der Waals surface area (Å²) in [5, 5.41) is 0.734. The fourth-order valence-electron chi connectivity index (χ4n) is 4.57. The number of nitrogens with zero attached hydrogens (tertiary/aromatic N) is 4. The number of piperidine rings is 1. The Bertz CT molecular complexity index is 1040. The average Bonchev–Trinajstić information content (AvgIpc) is 3.44. The molecule has 6 nitrogen and oxygen atoms in total. The Morgan fingerprint density at radius 1 is 1.03 bits per heavy atom. The summed E-state index contributed by atoms with van der Waals surface area (Å²) in [5.74, 6) is 2.20. The normalized spacial score (nSPS) is 19.6. The highest BCUT2D eigenvalue weighted by Crippen LogP contribution is 2.26. The highest BCUT2D eigenvalue weighted by molar-refractivity contribution is 6.30. The number of amides is 1. The lowest BCUT2D eigenvalue weighted by molar-refractivity contribution is -0.134. The minimum atomic E-state index is 0.0778. The molecular formula is C23H26ClN5O.